The van der Waals surface area contributed by atoms with Gasteiger partial charge in [0.25, 0.3) is 0 Å². The summed E-state index contributed by atoms with van der Waals surface area (Å²) in [5.41, 5.74) is -0.0474. The number of hydrogen-bond acceptors (Lipinski definition) is 3. The molecular formula is C6H9N3O2. The smallest absolute Gasteiger partial charge is 0.313 e. The van der Waals surface area contributed by atoms with Crippen LogP contribution in [0.2, 0.25) is 0 Å². The first kappa shape index (κ1) is 7.74. The Hall–Kier alpha value is -1.36. The Kier molecular flexibility index (Phi) is 2.22. The van der Waals surface area contributed by atoms with Gasteiger partial charge in [-0.2, -0.15) is 0 Å². The number of aromatic amines is 2. The fourth-order valence-corrected chi connectivity index (χ4v) is 0.738. The van der Waals surface area contributed by atoms with Gasteiger partial charge in [-0.1, -0.05) is 0 Å². The first-order chi connectivity index (χ1) is 5.24. The van der Waals surface area contributed by atoms with E-state index in [1.54, 1.807) is 7.05 Å². The summed E-state index contributed by atoms with van der Waals surface area (Å²) in [6.07, 6.45) is 1.36. The lowest BCUT2D eigenvalue weighted by atomic mass is 10.3. The van der Waals surface area contributed by atoms with Gasteiger partial charge in [-0.25, -0.2) is 4.79 Å². The number of aromatic nitrogens is 2. The third-order valence-electron chi connectivity index (χ3n) is 1.23. The molecule has 0 spiro atoms. The molecule has 5 nitrogen and oxygen atoms in total. The molecule has 60 valence electrons. The summed E-state index contributed by atoms with van der Waals surface area (Å²) in [4.78, 5) is 26.2. The summed E-state index contributed by atoms with van der Waals surface area (Å²) in [6, 6.07) is 0. The van der Waals surface area contributed by atoms with Gasteiger partial charge in [0.15, 0.2) is 5.78 Å². The molecule has 5 heteroatoms. The molecular weight excluding hydrogens is 146 g/mol. The summed E-state index contributed by atoms with van der Waals surface area (Å²) < 4.78 is 0. The molecule has 0 bridgehead atoms. The fraction of sp³-hybridized carbons (Fsp3) is 0.333. The van der Waals surface area contributed by atoms with Gasteiger partial charge in [0.05, 0.1) is 6.54 Å². The Balaban J connectivity index is 2.76. The minimum Gasteiger partial charge on any atom is -0.313 e. The second-order valence-electron chi connectivity index (χ2n) is 2.11. The number of carbonyl (C=O) groups is 1. The van der Waals surface area contributed by atoms with E-state index in [9.17, 15) is 9.59 Å². The van der Waals surface area contributed by atoms with Crippen LogP contribution in [0.25, 0.3) is 0 Å². The Labute approximate surface area is 62.8 Å². The Morgan fingerprint density at radius 2 is 2.45 bits per heavy atom. The highest BCUT2D eigenvalue weighted by Gasteiger charge is 2.04. The van der Waals surface area contributed by atoms with Crippen molar-refractivity contribution in [2.75, 3.05) is 13.6 Å². The van der Waals surface area contributed by atoms with Crippen LogP contribution in [-0.2, 0) is 0 Å². The topological polar surface area (TPSA) is 77.8 Å². The van der Waals surface area contributed by atoms with Crippen LogP contribution in [0.3, 0.4) is 0 Å². The molecule has 0 aromatic carbocycles. The van der Waals surface area contributed by atoms with E-state index >= 15 is 0 Å². The van der Waals surface area contributed by atoms with Crippen molar-refractivity contribution in [1.82, 2.24) is 15.3 Å². The molecule has 0 saturated heterocycles. The van der Waals surface area contributed by atoms with E-state index in [4.69, 9.17) is 0 Å². The molecule has 0 fully saturated rings. The van der Waals surface area contributed by atoms with Crippen LogP contribution < -0.4 is 11.0 Å². The molecule has 3 N–H and O–H groups in total. The molecule has 1 aromatic heterocycles. The van der Waals surface area contributed by atoms with Crippen LogP contribution in [-0.4, -0.2) is 29.3 Å². The van der Waals surface area contributed by atoms with E-state index in [0.29, 0.717) is 5.69 Å². The van der Waals surface area contributed by atoms with Crippen molar-refractivity contribution in [2.24, 2.45) is 0 Å². The minimum absolute atomic E-state index is 0.133. The fourth-order valence-electron chi connectivity index (χ4n) is 0.738. The van der Waals surface area contributed by atoms with Crippen molar-refractivity contribution in [1.29, 1.82) is 0 Å². The standard InChI is InChI=1S/C6H9N3O2/c1-7-3-5(10)4-2-8-6(11)9-4/h2,7H,3H2,1H3,(H2,8,9,11). The van der Waals surface area contributed by atoms with E-state index in [2.05, 4.69) is 15.3 Å². The zero-order valence-electron chi connectivity index (χ0n) is 6.10. The molecule has 0 amide bonds. The van der Waals surface area contributed by atoms with Crippen molar-refractivity contribution < 1.29 is 4.79 Å². The predicted octanol–water partition coefficient (Wildman–Crippen LogP) is -0.895. The summed E-state index contributed by atoms with van der Waals surface area (Å²) in [5, 5.41) is 2.69. The van der Waals surface area contributed by atoms with Gasteiger partial charge in [0.2, 0.25) is 0 Å². The van der Waals surface area contributed by atoms with Crippen LogP contribution in [0.4, 0.5) is 0 Å². The first-order valence-electron chi connectivity index (χ1n) is 3.19. The van der Waals surface area contributed by atoms with Gasteiger partial charge in [-0.15, -0.1) is 0 Å². The molecule has 0 aliphatic rings. The predicted molar refractivity (Wildman–Crippen MR) is 39.7 cm³/mol. The highest BCUT2D eigenvalue weighted by molar-refractivity contribution is 5.95. The van der Waals surface area contributed by atoms with Crippen molar-refractivity contribution in [3.05, 3.63) is 22.4 Å². The highest BCUT2D eigenvalue weighted by Crippen LogP contribution is 1.87. The lowest BCUT2D eigenvalue weighted by Gasteiger charge is -1.92. The Morgan fingerprint density at radius 1 is 1.73 bits per heavy atom. The van der Waals surface area contributed by atoms with E-state index in [1.165, 1.54) is 6.20 Å². The zero-order chi connectivity index (χ0) is 8.27. The molecule has 1 aromatic rings. The SMILES string of the molecule is CNCC(=O)c1c[nH]c(=O)[nH]1. The largest absolute Gasteiger partial charge is 0.323 e. The van der Waals surface area contributed by atoms with Crippen molar-refractivity contribution in [2.45, 2.75) is 0 Å². The number of imidazole rings is 1. The van der Waals surface area contributed by atoms with Gasteiger partial charge in [-0.3, -0.25) is 4.79 Å². The molecule has 0 atom stereocenters. The second-order valence-corrected chi connectivity index (χ2v) is 2.11. The summed E-state index contributed by atoms with van der Waals surface area (Å²) in [7, 11) is 1.67. The van der Waals surface area contributed by atoms with Crippen LogP contribution in [0.1, 0.15) is 10.5 Å². The van der Waals surface area contributed by atoms with Crippen LogP contribution in [0.15, 0.2) is 11.0 Å². The van der Waals surface area contributed by atoms with Crippen molar-refractivity contribution in [3.8, 4) is 0 Å². The molecule has 0 aliphatic heterocycles. The highest BCUT2D eigenvalue weighted by atomic mass is 16.1. The van der Waals surface area contributed by atoms with Gasteiger partial charge >= 0.3 is 5.69 Å². The van der Waals surface area contributed by atoms with Gasteiger partial charge in [-0.05, 0) is 7.05 Å². The van der Waals surface area contributed by atoms with E-state index in [-0.39, 0.29) is 18.0 Å². The van der Waals surface area contributed by atoms with Gasteiger partial charge < -0.3 is 15.3 Å². The van der Waals surface area contributed by atoms with Crippen molar-refractivity contribution in [3.63, 3.8) is 0 Å². The molecule has 1 heterocycles. The van der Waals surface area contributed by atoms with Gasteiger partial charge in [0, 0.05) is 6.20 Å². The summed E-state index contributed by atoms with van der Waals surface area (Å²) >= 11 is 0. The zero-order valence-corrected chi connectivity index (χ0v) is 6.10. The number of rotatable bonds is 3. The molecule has 11 heavy (non-hydrogen) atoms. The maximum absolute atomic E-state index is 11.0. The summed E-state index contributed by atoms with van der Waals surface area (Å²) in [5.74, 6) is -0.133. The number of H-pyrrole nitrogens is 2. The lowest BCUT2D eigenvalue weighted by Crippen LogP contribution is -2.19. The number of likely N-dealkylation sites (N-methyl/N-ethyl adjacent to an activating group) is 1. The molecule has 0 radical (unpaired) electrons. The Morgan fingerprint density at radius 3 is 2.91 bits per heavy atom. The number of nitrogens with one attached hydrogen (secondary N) is 3. The third-order valence-corrected chi connectivity index (χ3v) is 1.23. The minimum atomic E-state index is -0.357. The first-order valence-corrected chi connectivity index (χ1v) is 3.19. The normalized spacial score (nSPS) is 9.91. The van der Waals surface area contributed by atoms with E-state index in [0.717, 1.165) is 0 Å². The van der Waals surface area contributed by atoms with Crippen molar-refractivity contribution >= 4 is 5.78 Å². The van der Waals surface area contributed by atoms with Crippen LogP contribution in [0, 0.1) is 0 Å². The van der Waals surface area contributed by atoms with Crippen LogP contribution in [0.5, 0.6) is 0 Å². The number of carbonyl (C=O) groups excluding carboxylic acids is 1. The summed E-state index contributed by atoms with van der Waals surface area (Å²) in [6.45, 7) is 0.230. The van der Waals surface area contributed by atoms with Crippen LogP contribution >= 0.6 is 0 Å². The monoisotopic (exact) mass is 155 g/mol. The third kappa shape index (κ3) is 1.78. The maximum atomic E-state index is 11.0. The van der Waals surface area contributed by atoms with Gasteiger partial charge in [0.1, 0.15) is 5.69 Å². The number of Topliss-reactive ketones (excluding diaryl/α,β-unsaturated/α-hetero) is 1. The second kappa shape index (κ2) is 3.16. The number of hydrogen-bond donors (Lipinski definition) is 3. The van der Waals surface area contributed by atoms with E-state index in [1.807, 2.05) is 0 Å². The quantitative estimate of drug-likeness (QED) is 0.495. The Bertz CT molecular complexity index is 299. The average Bonchev–Trinajstić information content (AvgIpc) is 2.36. The average molecular weight is 155 g/mol. The molecule has 0 aliphatic carbocycles. The maximum Gasteiger partial charge on any atom is 0.323 e. The van der Waals surface area contributed by atoms with E-state index < -0.39 is 0 Å². The lowest BCUT2D eigenvalue weighted by molar-refractivity contribution is 0.0989. The number of ketones is 1. The molecule has 0 unspecified atom stereocenters. The molecule has 0 saturated carbocycles. The molecule has 1 rings (SSSR count).